The molecule has 0 saturated carbocycles. The monoisotopic (exact) mass is 488 g/mol. The average Bonchev–Trinajstić information content (AvgIpc) is 3.29. The Hall–Kier alpha value is -3.79. The third-order valence-electron chi connectivity index (χ3n) is 4.86. The highest BCUT2D eigenvalue weighted by Crippen LogP contribution is 2.21. The Morgan fingerprint density at radius 2 is 1.85 bits per heavy atom. The minimum absolute atomic E-state index is 0.0173. The lowest BCUT2D eigenvalue weighted by Gasteiger charge is -2.13. The molecule has 0 aliphatic heterocycles. The van der Waals surface area contributed by atoms with Crippen molar-refractivity contribution in [1.29, 1.82) is 0 Å². The van der Waals surface area contributed by atoms with Crippen LogP contribution >= 0.6 is 11.6 Å². The molecule has 34 heavy (non-hydrogen) atoms. The van der Waals surface area contributed by atoms with E-state index in [0.717, 1.165) is 24.3 Å². The van der Waals surface area contributed by atoms with Crippen LogP contribution in [0.4, 0.5) is 20.3 Å². The summed E-state index contributed by atoms with van der Waals surface area (Å²) in [6.45, 7) is 6.06. The maximum atomic E-state index is 13.4. The Labute approximate surface area is 200 Å². The van der Waals surface area contributed by atoms with Crippen molar-refractivity contribution < 1.29 is 18.4 Å². The normalized spacial score (nSPS) is 11.0. The van der Waals surface area contributed by atoms with Gasteiger partial charge in [0.15, 0.2) is 17.5 Å². The average molecular weight is 489 g/mol. The van der Waals surface area contributed by atoms with Gasteiger partial charge in [-0.25, -0.2) is 13.8 Å². The lowest BCUT2D eigenvalue weighted by Crippen LogP contribution is -2.23. The molecule has 3 rings (SSSR count). The minimum Gasteiger partial charge on any atom is -0.363 e. The zero-order valence-corrected chi connectivity index (χ0v) is 19.3. The summed E-state index contributed by atoms with van der Waals surface area (Å²) < 4.78 is 26.6. The number of benzene rings is 2. The first-order chi connectivity index (χ1) is 16.3. The first kappa shape index (κ1) is 24.8. The molecule has 0 aliphatic rings. The smallest absolute Gasteiger partial charge is 0.269 e. The van der Waals surface area contributed by atoms with E-state index in [-0.39, 0.29) is 28.6 Å². The Morgan fingerprint density at radius 3 is 2.59 bits per heavy atom. The number of nitrogens with zero attached hydrogens (tertiary/aromatic N) is 3. The second-order valence-corrected chi connectivity index (χ2v) is 7.59. The molecule has 0 spiro atoms. The van der Waals surface area contributed by atoms with Crippen LogP contribution in [-0.2, 0) is 6.54 Å². The molecule has 0 bridgehead atoms. The highest BCUT2D eigenvalue weighted by Gasteiger charge is 2.17. The third-order valence-corrected chi connectivity index (χ3v) is 5.18. The Balaban J connectivity index is 1.59. The summed E-state index contributed by atoms with van der Waals surface area (Å²) in [6.07, 6.45) is 1.78. The predicted octanol–water partition coefficient (Wildman–Crippen LogP) is 4.53. The summed E-state index contributed by atoms with van der Waals surface area (Å²) >= 11 is 5.81. The number of rotatable bonds is 9. The van der Waals surface area contributed by atoms with Gasteiger partial charge in [-0.1, -0.05) is 23.7 Å². The van der Waals surface area contributed by atoms with Gasteiger partial charge in [-0.05, 0) is 43.7 Å². The SMILES string of the molecule is CCN(C=Nc1cccc(CNC(=O)c2cc(NC(=O)c3cc(F)c(F)cc3Cl)n[nH]2)c1)CC. The number of anilines is 1. The summed E-state index contributed by atoms with van der Waals surface area (Å²) in [5.41, 5.74) is 1.45. The van der Waals surface area contributed by atoms with Crippen LogP contribution in [0.1, 0.15) is 40.3 Å². The summed E-state index contributed by atoms with van der Waals surface area (Å²) in [7, 11) is 0. The Bertz CT molecular complexity index is 1210. The summed E-state index contributed by atoms with van der Waals surface area (Å²) in [4.78, 5) is 31.3. The van der Waals surface area contributed by atoms with Crippen molar-refractivity contribution in [3.8, 4) is 0 Å². The van der Waals surface area contributed by atoms with Gasteiger partial charge in [-0.3, -0.25) is 14.7 Å². The fourth-order valence-corrected chi connectivity index (χ4v) is 3.18. The van der Waals surface area contributed by atoms with Gasteiger partial charge in [0, 0.05) is 25.7 Å². The zero-order chi connectivity index (χ0) is 24.7. The van der Waals surface area contributed by atoms with E-state index in [1.165, 1.54) is 6.07 Å². The largest absolute Gasteiger partial charge is 0.363 e. The number of aromatic amines is 1. The molecule has 0 unspecified atom stereocenters. The van der Waals surface area contributed by atoms with Gasteiger partial charge < -0.3 is 15.5 Å². The number of amides is 2. The maximum Gasteiger partial charge on any atom is 0.269 e. The van der Waals surface area contributed by atoms with Gasteiger partial charge in [-0.15, -0.1) is 0 Å². The molecule has 1 aromatic heterocycles. The number of carbonyl (C=O) groups excluding carboxylic acids is 2. The van der Waals surface area contributed by atoms with Crippen LogP contribution in [0.3, 0.4) is 0 Å². The highest BCUT2D eigenvalue weighted by atomic mass is 35.5. The summed E-state index contributed by atoms with van der Waals surface area (Å²) in [6, 6.07) is 10.2. The van der Waals surface area contributed by atoms with E-state index in [2.05, 4.69) is 30.7 Å². The van der Waals surface area contributed by atoms with E-state index in [9.17, 15) is 18.4 Å². The van der Waals surface area contributed by atoms with Crippen LogP contribution in [-0.4, -0.2) is 46.3 Å². The van der Waals surface area contributed by atoms with E-state index in [0.29, 0.717) is 12.1 Å². The van der Waals surface area contributed by atoms with E-state index >= 15 is 0 Å². The molecule has 178 valence electrons. The number of hydrogen-bond acceptors (Lipinski definition) is 4. The molecule has 0 radical (unpaired) electrons. The molecule has 3 aromatic rings. The Morgan fingerprint density at radius 1 is 1.12 bits per heavy atom. The lowest BCUT2D eigenvalue weighted by atomic mass is 10.2. The topological polar surface area (TPSA) is 102 Å². The van der Waals surface area contributed by atoms with Crippen LogP contribution in [0.5, 0.6) is 0 Å². The second kappa shape index (κ2) is 11.4. The van der Waals surface area contributed by atoms with Crippen molar-refractivity contribution in [1.82, 2.24) is 20.4 Å². The first-order valence-corrected chi connectivity index (χ1v) is 10.8. The molecular weight excluding hydrogens is 466 g/mol. The van der Waals surface area contributed by atoms with Crippen LogP contribution < -0.4 is 10.6 Å². The molecule has 0 atom stereocenters. The summed E-state index contributed by atoms with van der Waals surface area (Å²) in [5.74, 6) is -3.61. The maximum absolute atomic E-state index is 13.4. The number of H-pyrrole nitrogens is 1. The Kier molecular flexibility index (Phi) is 8.31. The van der Waals surface area contributed by atoms with Crippen LogP contribution in [0.2, 0.25) is 5.02 Å². The molecule has 0 fully saturated rings. The molecule has 11 heteroatoms. The second-order valence-electron chi connectivity index (χ2n) is 7.19. The van der Waals surface area contributed by atoms with Crippen LogP contribution in [0.25, 0.3) is 0 Å². The standard InChI is InChI=1S/C23H23ClF2N6O2/c1-3-32(4-2)13-28-15-7-5-6-14(8-15)12-27-23(34)20-11-21(31-30-20)29-22(33)16-9-18(25)19(26)10-17(16)24/h5-11,13H,3-4,12H2,1-2H3,(H,27,34)(H2,29,30,31,33). The number of aromatic nitrogens is 2. The molecule has 0 saturated heterocycles. The predicted molar refractivity (Wildman–Crippen MR) is 127 cm³/mol. The fraction of sp³-hybridized carbons (Fsp3) is 0.217. The van der Waals surface area contributed by atoms with Gasteiger partial charge in [0.05, 0.1) is 22.6 Å². The molecule has 8 nitrogen and oxygen atoms in total. The number of halogens is 3. The molecule has 1 heterocycles. The van der Waals surface area contributed by atoms with Crippen molar-refractivity contribution in [2.24, 2.45) is 4.99 Å². The van der Waals surface area contributed by atoms with Crippen molar-refractivity contribution in [3.05, 3.63) is 75.9 Å². The summed E-state index contributed by atoms with van der Waals surface area (Å²) in [5, 5.41) is 11.2. The first-order valence-electron chi connectivity index (χ1n) is 10.5. The van der Waals surface area contributed by atoms with Crippen molar-refractivity contribution >= 4 is 41.3 Å². The van der Waals surface area contributed by atoms with E-state index in [4.69, 9.17) is 11.6 Å². The van der Waals surface area contributed by atoms with Crippen LogP contribution in [0.15, 0.2) is 47.5 Å². The molecular formula is C23H23ClF2N6O2. The van der Waals surface area contributed by atoms with Gasteiger partial charge in [-0.2, -0.15) is 5.10 Å². The number of aliphatic imine (C=N–C) groups is 1. The van der Waals surface area contributed by atoms with E-state index in [1.807, 2.05) is 38.1 Å². The highest BCUT2D eigenvalue weighted by molar-refractivity contribution is 6.34. The molecule has 2 amide bonds. The van der Waals surface area contributed by atoms with Crippen molar-refractivity contribution in [3.63, 3.8) is 0 Å². The van der Waals surface area contributed by atoms with Crippen molar-refractivity contribution in [2.75, 3.05) is 18.4 Å². The molecule has 0 aliphatic carbocycles. The number of carbonyl (C=O) groups is 2. The number of nitrogens with one attached hydrogen (secondary N) is 3. The molecule has 3 N–H and O–H groups in total. The minimum atomic E-state index is -1.21. The van der Waals surface area contributed by atoms with Gasteiger partial charge >= 0.3 is 0 Å². The third kappa shape index (κ3) is 6.38. The van der Waals surface area contributed by atoms with E-state index in [1.54, 1.807) is 6.34 Å². The van der Waals surface area contributed by atoms with Crippen molar-refractivity contribution in [2.45, 2.75) is 20.4 Å². The van der Waals surface area contributed by atoms with Gasteiger partial charge in [0.1, 0.15) is 5.69 Å². The van der Waals surface area contributed by atoms with E-state index < -0.39 is 23.4 Å². The lowest BCUT2D eigenvalue weighted by molar-refractivity contribution is 0.0945. The zero-order valence-electron chi connectivity index (χ0n) is 18.5. The molecule has 2 aromatic carbocycles. The number of hydrogen-bond donors (Lipinski definition) is 3. The quantitative estimate of drug-likeness (QED) is 0.234. The van der Waals surface area contributed by atoms with Gasteiger partial charge in [0.25, 0.3) is 11.8 Å². The fourth-order valence-electron chi connectivity index (χ4n) is 2.94. The van der Waals surface area contributed by atoms with Gasteiger partial charge in [0.2, 0.25) is 0 Å². The van der Waals surface area contributed by atoms with Crippen LogP contribution in [0, 0.1) is 11.6 Å².